The SMILES string of the molecule is CCn1c(CCC(=O)N[C@@H]2CCC[C@@H](n3ccnc3C)[C@@H]2O)nc2ccccc21. The first-order valence-electron chi connectivity index (χ1n) is 10.5. The predicted octanol–water partition coefficient (Wildman–Crippen LogP) is 2.76. The molecule has 29 heavy (non-hydrogen) atoms. The number of nitrogens with one attached hydrogen (secondary N) is 1. The fourth-order valence-electron chi connectivity index (χ4n) is 4.53. The molecule has 1 saturated carbocycles. The summed E-state index contributed by atoms with van der Waals surface area (Å²) in [5.74, 6) is 1.78. The van der Waals surface area contributed by atoms with Gasteiger partial charge in [-0.05, 0) is 45.2 Å². The van der Waals surface area contributed by atoms with E-state index in [1.54, 1.807) is 6.20 Å². The van der Waals surface area contributed by atoms with E-state index in [0.29, 0.717) is 12.8 Å². The third-order valence-corrected chi connectivity index (χ3v) is 6.01. The number of imidazole rings is 2. The number of aliphatic hydroxyl groups excluding tert-OH is 1. The number of carbonyl (C=O) groups is 1. The molecule has 2 heterocycles. The second kappa shape index (κ2) is 8.37. The number of rotatable bonds is 6. The van der Waals surface area contributed by atoms with Crippen LogP contribution in [0.4, 0.5) is 0 Å². The van der Waals surface area contributed by atoms with E-state index in [4.69, 9.17) is 4.98 Å². The highest BCUT2D eigenvalue weighted by Gasteiger charge is 2.34. The molecule has 0 bridgehead atoms. The van der Waals surface area contributed by atoms with Gasteiger partial charge in [-0.15, -0.1) is 0 Å². The van der Waals surface area contributed by atoms with E-state index in [9.17, 15) is 9.90 Å². The molecule has 4 rings (SSSR count). The van der Waals surface area contributed by atoms with E-state index in [0.717, 1.165) is 48.5 Å². The van der Waals surface area contributed by atoms with Crippen molar-refractivity contribution in [2.75, 3.05) is 0 Å². The molecule has 3 aromatic rings. The second-order valence-electron chi connectivity index (χ2n) is 7.81. The third kappa shape index (κ3) is 3.92. The number of aliphatic hydroxyl groups is 1. The maximum Gasteiger partial charge on any atom is 0.220 e. The van der Waals surface area contributed by atoms with E-state index in [-0.39, 0.29) is 18.0 Å². The van der Waals surface area contributed by atoms with Crippen molar-refractivity contribution >= 4 is 16.9 Å². The van der Waals surface area contributed by atoms with Gasteiger partial charge in [0.2, 0.25) is 5.91 Å². The van der Waals surface area contributed by atoms with Crippen LogP contribution >= 0.6 is 0 Å². The van der Waals surface area contributed by atoms with Crippen molar-refractivity contribution in [3.63, 3.8) is 0 Å². The fraction of sp³-hybridized carbons (Fsp3) is 0.500. The molecule has 7 nitrogen and oxygen atoms in total. The number of aromatic nitrogens is 4. The van der Waals surface area contributed by atoms with Crippen molar-refractivity contribution < 1.29 is 9.90 Å². The first-order valence-corrected chi connectivity index (χ1v) is 10.5. The van der Waals surface area contributed by atoms with Crippen molar-refractivity contribution in [3.05, 3.63) is 48.3 Å². The molecule has 0 saturated heterocycles. The highest BCUT2D eigenvalue weighted by molar-refractivity contribution is 5.78. The lowest BCUT2D eigenvalue weighted by molar-refractivity contribution is -0.123. The van der Waals surface area contributed by atoms with Gasteiger partial charge in [0.15, 0.2) is 0 Å². The van der Waals surface area contributed by atoms with E-state index in [1.165, 1.54) is 0 Å². The van der Waals surface area contributed by atoms with Crippen LogP contribution in [0.5, 0.6) is 0 Å². The summed E-state index contributed by atoms with van der Waals surface area (Å²) in [4.78, 5) is 21.6. The van der Waals surface area contributed by atoms with Crippen LogP contribution in [0.3, 0.4) is 0 Å². The minimum absolute atomic E-state index is 0.0354. The number of carbonyl (C=O) groups excluding carboxylic acids is 1. The lowest BCUT2D eigenvalue weighted by atomic mass is 9.87. The van der Waals surface area contributed by atoms with Crippen LogP contribution in [0.2, 0.25) is 0 Å². The molecule has 1 aliphatic rings. The van der Waals surface area contributed by atoms with Crippen LogP contribution in [0, 0.1) is 6.92 Å². The lowest BCUT2D eigenvalue weighted by Crippen LogP contribution is -2.49. The summed E-state index contributed by atoms with van der Waals surface area (Å²) in [6, 6.07) is 7.78. The maximum absolute atomic E-state index is 12.6. The Kier molecular flexibility index (Phi) is 5.67. The number of para-hydroxylation sites is 2. The van der Waals surface area contributed by atoms with Crippen molar-refractivity contribution in [1.29, 1.82) is 0 Å². The summed E-state index contributed by atoms with van der Waals surface area (Å²) < 4.78 is 4.18. The van der Waals surface area contributed by atoms with Crippen LogP contribution in [0.15, 0.2) is 36.7 Å². The Morgan fingerprint density at radius 2 is 2.14 bits per heavy atom. The Hall–Kier alpha value is -2.67. The molecular formula is C22H29N5O2. The molecule has 3 atom stereocenters. The number of benzene rings is 1. The van der Waals surface area contributed by atoms with Gasteiger partial charge in [0.05, 0.1) is 29.2 Å². The molecule has 7 heteroatoms. The van der Waals surface area contributed by atoms with E-state index in [2.05, 4.69) is 27.9 Å². The normalized spacial score (nSPS) is 22.1. The Labute approximate surface area is 170 Å². The van der Waals surface area contributed by atoms with Crippen LogP contribution in [-0.2, 0) is 17.8 Å². The zero-order valence-corrected chi connectivity index (χ0v) is 17.1. The van der Waals surface area contributed by atoms with E-state index < -0.39 is 6.10 Å². The highest BCUT2D eigenvalue weighted by atomic mass is 16.3. The summed E-state index contributed by atoms with van der Waals surface area (Å²) in [6.45, 7) is 4.85. The van der Waals surface area contributed by atoms with Crippen molar-refractivity contribution in [2.24, 2.45) is 0 Å². The molecule has 1 amide bonds. The summed E-state index contributed by atoms with van der Waals surface area (Å²) >= 11 is 0. The molecule has 1 aromatic carbocycles. The third-order valence-electron chi connectivity index (χ3n) is 6.01. The van der Waals surface area contributed by atoms with Crippen LogP contribution in [0.25, 0.3) is 11.0 Å². The second-order valence-corrected chi connectivity index (χ2v) is 7.81. The molecule has 2 aromatic heterocycles. The van der Waals surface area contributed by atoms with Crippen LogP contribution in [0.1, 0.15) is 50.3 Å². The lowest BCUT2D eigenvalue weighted by Gasteiger charge is -2.36. The van der Waals surface area contributed by atoms with Gasteiger partial charge in [0, 0.05) is 31.8 Å². The molecule has 2 N–H and O–H groups in total. The molecule has 0 aliphatic heterocycles. The van der Waals surface area contributed by atoms with Crippen LogP contribution < -0.4 is 5.32 Å². The van der Waals surface area contributed by atoms with Gasteiger partial charge < -0.3 is 19.6 Å². The average Bonchev–Trinajstić information content (AvgIpc) is 3.30. The molecule has 1 fully saturated rings. The number of fused-ring (bicyclic) bond motifs is 1. The minimum atomic E-state index is -0.610. The molecule has 0 radical (unpaired) electrons. The van der Waals surface area contributed by atoms with Crippen LogP contribution in [-0.4, -0.2) is 42.3 Å². The topological polar surface area (TPSA) is 85.0 Å². The van der Waals surface area contributed by atoms with Crippen molar-refractivity contribution in [2.45, 2.75) is 70.7 Å². The largest absolute Gasteiger partial charge is 0.389 e. The molecule has 0 unspecified atom stereocenters. The summed E-state index contributed by atoms with van der Waals surface area (Å²) in [7, 11) is 0. The van der Waals surface area contributed by atoms with Crippen molar-refractivity contribution in [3.8, 4) is 0 Å². The summed E-state index contributed by atoms with van der Waals surface area (Å²) in [5, 5.41) is 13.9. The number of nitrogens with zero attached hydrogens (tertiary/aromatic N) is 4. The van der Waals surface area contributed by atoms with Gasteiger partial charge >= 0.3 is 0 Å². The molecular weight excluding hydrogens is 366 g/mol. The van der Waals surface area contributed by atoms with Gasteiger partial charge in [-0.1, -0.05) is 12.1 Å². The first kappa shape index (κ1) is 19.6. The van der Waals surface area contributed by atoms with Gasteiger partial charge in [-0.2, -0.15) is 0 Å². The Bertz CT molecular complexity index is 992. The smallest absolute Gasteiger partial charge is 0.220 e. The number of hydrogen-bond acceptors (Lipinski definition) is 4. The van der Waals surface area contributed by atoms with E-state index in [1.807, 2.05) is 35.9 Å². The predicted molar refractivity (Wildman–Crippen MR) is 112 cm³/mol. The average molecular weight is 396 g/mol. The fourth-order valence-corrected chi connectivity index (χ4v) is 4.53. The van der Waals surface area contributed by atoms with Gasteiger partial charge in [-0.25, -0.2) is 9.97 Å². The maximum atomic E-state index is 12.6. The number of hydrogen-bond donors (Lipinski definition) is 2. The minimum Gasteiger partial charge on any atom is -0.389 e. The van der Waals surface area contributed by atoms with E-state index >= 15 is 0 Å². The zero-order chi connectivity index (χ0) is 20.4. The Morgan fingerprint density at radius 3 is 2.90 bits per heavy atom. The van der Waals surface area contributed by atoms with Gasteiger partial charge in [0.1, 0.15) is 11.6 Å². The monoisotopic (exact) mass is 395 g/mol. The van der Waals surface area contributed by atoms with Gasteiger partial charge in [-0.3, -0.25) is 4.79 Å². The standard InChI is InChI=1S/C22H29N5O2/c1-3-26-18-9-5-4-7-16(18)24-20(26)11-12-21(28)25-17-8-6-10-19(22(17)29)27-14-13-23-15(27)2/h4-5,7,9,13-14,17,19,22,29H,3,6,8,10-12H2,1-2H3,(H,25,28)/t17-,19-,22-/m1/s1. The number of amides is 1. The summed E-state index contributed by atoms with van der Waals surface area (Å²) in [5.41, 5.74) is 2.07. The van der Waals surface area contributed by atoms with Gasteiger partial charge in [0.25, 0.3) is 0 Å². The quantitative estimate of drug-likeness (QED) is 0.672. The Morgan fingerprint density at radius 1 is 1.31 bits per heavy atom. The number of aryl methyl sites for hydroxylation is 3. The Balaban J connectivity index is 1.39. The zero-order valence-electron chi connectivity index (χ0n) is 17.1. The molecule has 154 valence electrons. The molecule has 1 aliphatic carbocycles. The first-order chi connectivity index (χ1) is 14.1. The highest BCUT2D eigenvalue weighted by Crippen LogP contribution is 2.30. The summed E-state index contributed by atoms with van der Waals surface area (Å²) in [6.07, 6.45) is 6.65. The van der Waals surface area contributed by atoms with Crippen molar-refractivity contribution in [1.82, 2.24) is 24.4 Å². The molecule has 0 spiro atoms.